The number of rotatable bonds is 8. The van der Waals surface area contributed by atoms with Crippen LogP contribution in [0.25, 0.3) is 0 Å². The lowest BCUT2D eigenvalue weighted by atomic mass is 9.99. The number of aliphatic hydroxyl groups is 1. The molecular formula is C14H30N2O2. The molecule has 0 saturated carbocycles. The number of ether oxygens (including phenoxy) is 1. The van der Waals surface area contributed by atoms with Gasteiger partial charge in [0.15, 0.2) is 0 Å². The zero-order chi connectivity index (χ0) is 13.4. The van der Waals surface area contributed by atoms with Crippen molar-refractivity contribution in [1.82, 2.24) is 10.2 Å². The Labute approximate surface area is 112 Å². The van der Waals surface area contributed by atoms with Crippen LogP contribution >= 0.6 is 0 Å². The number of hydrogen-bond donors (Lipinski definition) is 2. The van der Waals surface area contributed by atoms with Gasteiger partial charge in [-0.3, -0.25) is 4.90 Å². The van der Waals surface area contributed by atoms with Crippen LogP contribution in [0.15, 0.2) is 0 Å². The minimum absolute atomic E-state index is 0.550. The summed E-state index contributed by atoms with van der Waals surface area (Å²) in [5.41, 5.74) is -0.550. The van der Waals surface area contributed by atoms with E-state index in [0.29, 0.717) is 6.04 Å². The van der Waals surface area contributed by atoms with Gasteiger partial charge in [0.1, 0.15) is 0 Å². The highest BCUT2D eigenvalue weighted by atomic mass is 16.5. The standard InChI is InChI=1S/C14H30N2O2/c1-14(2,17)7-10-16-9-5-4-6-13(16)12-15-8-11-18-3/h13,15,17H,4-12H2,1-3H3. The Morgan fingerprint density at radius 3 is 2.83 bits per heavy atom. The summed E-state index contributed by atoms with van der Waals surface area (Å²) in [5.74, 6) is 0. The maximum atomic E-state index is 9.82. The molecule has 4 heteroatoms. The molecule has 108 valence electrons. The van der Waals surface area contributed by atoms with Crippen LogP contribution in [-0.4, -0.2) is 61.5 Å². The Bertz CT molecular complexity index is 216. The molecule has 0 aliphatic carbocycles. The molecule has 1 heterocycles. The van der Waals surface area contributed by atoms with Gasteiger partial charge in [0.05, 0.1) is 12.2 Å². The van der Waals surface area contributed by atoms with Crippen molar-refractivity contribution < 1.29 is 9.84 Å². The molecule has 0 spiro atoms. The number of likely N-dealkylation sites (tertiary alicyclic amines) is 1. The molecule has 0 amide bonds. The Balaban J connectivity index is 2.28. The van der Waals surface area contributed by atoms with Gasteiger partial charge >= 0.3 is 0 Å². The summed E-state index contributed by atoms with van der Waals surface area (Å²) in [6.45, 7) is 8.69. The number of hydrogen-bond acceptors (Lipinski definition) is 4. The predicted molar refractivity (Wildman–Crippen MR) is 74.9 cm³/mol. The second kappa shape index (κ2) is 8.10. The number of piperidine rings is 1. The highest BCUT2D eigenvalue weighted by molar-refractivity contribution is 4.80. The Morgan fingerprint density at radius 2 is 2.17 bits per heavy atom. The maximum Gasteiger partial charge on any atom is 0.0603 e. The first-order valence-corrected chi connectivity index (χ1v) is 7.19. The third-order valence-electron chi connectivity index (χ3n) is 3.62. The molecule has 1 rings (SSSR count). The second-order valence-corrected chi connectivity index (χ2v) is 5.94. The van der Waals surface area contributed by atoms with Crippen molar-refractivity contribution in [1.29, 1.82) is 0 Å². The van der Waals surface area contributed by atoms with Crippen molar-refractivity contribution in [2.75, 3.05) is 39.9 Å². The molecule has 1 atom stereocenters. The fraction of sp³-hybridized carbons (Fsp3) is 1.00. The first-order valence-electron chi connectivity index (χ1n) is 7.19. The van der Waals surface area contributed by atoms with Gasteiger partial charge in [0.2, 0.25) is 0 Å². The fourth-order valence-corrected chi connectivity index (χ4v) is 2.45. The van der Waals surface area contributed by atoms with E-state index in [1.54, 1.807) is 7.11 Å². The Hall–Kier alpha value is -0.160. The molecule has 1 aliphatic rings. The van der Waals surface area contributed by atoms with Crippen molar-refractivity contribution in [2.45, 2.75) is 51.2 Å². The lowest BCUT2D eigenvalue weighted by molar-refractivity contribution is 0.0439. The summed E-state index contributed by atoms with van der Waals surface area (Å²) >= 11 is 0. The van der Waals surface area contributed by atoms with E-state index in [1.807, 2.05) is 13.8 Å². The summed E-state index contributed by atoms with van der Waals surface area (Å²) in [4.78, 5) is 2.53. The smallest absolute Gasteiger partial charge is 0.0603 e. The fourth-order valence-electron chi connectivity index (χ4n) is 2.45. The van der Waals surface area contributed by atoms with E-state index in [-0.39, 0.29) is 0 Å². The average molecular weight is 258 g/mol. The summed E-state index contributed by atoms with van der Waals surface area (Å²) in [7, 11) is 1.73. The van der Waals surface area contributed by atoms with Crippen molar-refractivity contribution in [2.24, 2.45) is 0 Å². The van der Waals surface area contributed by atoms with Crippen molar-refractivity contribution >= 4 is 0 Å². The van der Waals surface area contributed by atoms with Crippen LogP contribution in [0.2, 0.25) is 0 Å². The Kier molecular flexibility index (Phi) is 7.15. The highest BCUT2D eigenvalue weighted by Gasteiger charge is 2.23. The Morgan fingerprint density at radius 1 is 1.39 bits per heavy atom. The normalized spacial score (nSPS) is 22.3. The summed E-state index contributed by atoms with van der Waals surface area (Å²) in [6, 6.07) is 0.623. The van der Waals surface area contributed by atoms with Gasteiger partial charge in [-0.05, 0) is 39.7 Å². The molecule has 4 nitrogen and oxygen atoms in total. The van der Waals surface area contributed by atoms with Gasteiger partial charge < -0.3 is 15.2 Å². The summed E-state index contributed by atoms with van der Waals surface area (Å²) in [6.07, 6.45) is 4.74. The number of nitrogens with one attached hydrogen (secondary N) is 1. The van der Waals surface area contributed by atoms with Gasteiger partial charge in [-0.1, -0.05) is 6.42 Å². The van der Waals surface area contributed by atoms with E-state index in [1.165, 1.54) is 25.8 Å². The lowest BCUT2D eigenvalue weighted by Crippen LogP contribution is -2.47. The van der Waals surface area contributed by atoms with E-state index < -0.39 is 5.60 Å². The van der Waals surface area contributed by atoms with Gasteiger partial charge in [0, 0.05) is 32.8 Å². The first-order chi connectivity index (χ1) is 8.53. The third kappa shape index (κ3) is 6.69. The zero-order valence-electron chi connectivity index (χ0n) is 12.2. The second-order valence-electron chi connectivity index (χ2n) is 5.94. The molecule has 1 fully saturated rings. The molecule has 0 aromatic rings. The third-order valence-corrected chi connectivity index (χ3v) is 3.62. The molecule has 2 N–H and O–H groups in total. The van der Waals surface area contributed by atoms with Crippen molar-refractivity contribution in [3.05, 3.63) is 0 Å². The minimum Gasteiger partial charge on any atom is -0.390 e. The van der Waals surface area contributed by atoms with Crippen LogP contribution in [0.3, 0.4) is 0 Å². The molecule has 1 unspecified atom stereocenters. The van der Waals surface area contributed by atoms with E-state index in [9.17, 15) is 5.11 Å². The molecule has 18 heavy (non-hydrogen) atoms. The average Bonchev–Trinajstić information content (AvgIpc) is 2.32. The van der Waals surface area contributed by atoms with E-state index >= 15 is 0 Å². The molecule has 1 saturated heterocycles. The van der Waals surface area contributed by atoms with Crippen LogP contribution in [0, 0.1) is 0 Å². The predicted octanol–water partition coefficient (Wildman–Crippen LogP) is 1.24. The van der Waals surface area contributed by atoms with Gasteiger partial charge in [0.25, 0.3) is 0 Å². The topological polar surface area (TPSA) is 44.7 Å². The van der Waals surface area contributed by atoms with Crippen LogP contribution in [0.4, 0.5) is 0 Å². The van der Waals surface area contributed by atoms with Gasteiger partial charge in [-0.2, -0.15) is 0 Å². The number of methoxy groups -OCH3 is 1. The van der Waals surface area contributed by atoms with Gasteiger partial charge in [-0.15, -0.1) is 0 Å². The summed E-state index contributed by atoms with van der Waals surface area (Å²) in [5, 5.41) is 13.3. The quantitative estimate of drug-likeness (QED) is 0.643. The molecule has 1 aliphatic heterocycles. The molecule has 0 aromatic carbocycles. The largest absolute Gasteiger partial charge is 0.390 e. The van der Waals surface area contributed by atoms with Crippen LogP contribution in [0.5, 0.6) is 0 Å². The van der Waals surface area contributed by atoms with Crippen molar-refractivity contribution in [3.63, 3.8) is 0 Å². The van der Waals surface area contributed by atoms with E-state index in [4.69, 9.17) is 4.74 Å². The highest BCUT2D eigenvalue weighted by Crippen LogP contribution is 2.18. The van der Waals surface area contributed by atoms with Crippen LogP contribution in [0.1, 0.15) is 39.5 Å². The van der Waals surface area contributed by atoms with E-state index in [2.05, 4.69) is 10.2 Å². The van der Waals surface area contributed by atoms with Crippen LogP contribution < -0.4 is 5.32 Å². The molecular weight excluding hydrogens is 228 g/mol. The van der Waals surface area contributed by atoms with E-state index in [0.717, 1.165) is 32.7 Å². The summed E-state index contributed by atoms with van der Waals surface area (Å²) < 4.78 is 5.04. The maximum absolute atomic E-state index is 9.82. The minimum atomic E-state index is -0.550. The lowest BCUT2D eigenvalue weighted by Gasteiger charge is -2.37. The molecule has 0 aromatic heterocycles. The SMILES string of the molecule is COCCNCC1CCCCN1CCC(C)(C)O. The van der Waals surface area contributed by atoms with Crippen molar-refractivity contribution in [3.8, 4) is 0 Å². The van der Waals surface area contributed by atoms with Crippen LogP contribution in [-0.2, 0) is 4.74 Å². The first kappa shape index (κ1) is 15.9. The molecule has 0 bridgehead atoms. The monoisotopic (exact) mass is 258 g/mol. The molecule has 0 radical (unpaired) electrons. The zero-order valence-corrected chi connectivity index (χ0v) is 12.2. The van der Waals surface area contributed by atoms with Gasteiger partial charge in [-0.25, -0.2) is 0 Å². The number of nitrogens with zero attached hydrogens (tertiary/aromatic N) is 1.